The van der Waals surface area contributed by atoms with Gasteiger partial charge in [0.1, 0.15) is 17.5 Å². The zero-order chi connectivity index (χ0) is 13.9. The Bertz CT molecular complexity index is 598. The molecule has 1 heterocycles. The Morgan fingerprint density at radius 2 is 1.63 bits per heavy atom. The molecule has 2 aromatic rings. The molecule has 6 heteroatoms. The van der Waals surface area contributed by atoms with Gasteiger partial charge in [-0.25, -0.2) is 4.98 Å². The molecular formula is C13H7F3N2O. The second-order valence-corrected chi connectivity index (χ2v) is 3.62. The number of pyridine rings is 1. The summed E-state index contributed by atoms with van der Waals surface area (Å²) in [5.41, 5.74) is 1.67. The molecule has 0 unspecified atom stereocenters. The van der Waals surface area contributed by atoms with E-state index in [0.717, 1.165) is 0 Å². The Balaban J connectivity index is 2.20. The number of alkyl halides is 3. The van der Waals surface area contributed by atoms with Gasteiger partial charge in [-0.15, -0.1) is 13.2 Å². The van der Waals surface area contributed by atoms with Crippen molar-refractivity contribution < 1.29 is 17.9 Å². The Morgan fingerprint density at radius 3 is 2.11 bits per heavy atom. The van der Waals surface area contributed by atoms with Gasteiger partial charge in [0.25, 0.3) is 0 Å². The summed E-state index contributed by atoms with van der Waals surface area (Å²) in [6.45, 7) is 0. The summed E-state index contributed by atoms with van der Waals surface area (Å²) in [6, 6.07) is 10.5. The normalized spacial score (nSPS) is 10.8. The van der Waals surface area contributed by atoms with E-state index in [2.05, 4.69) is 9.72 Å². The summed E-state index contributed by atoms with van der Waals surface area (Å²) in [5, 5.41) is 8.61. The first kappa shape index (κ1) is 12.9. The largest absolute Gasteiger partial charge is 0.573 e. The molecule has 19 heavy (non-hydrogen) atoms. The summed E-state index contributed by atoms with van der Waals surface area (Å²) >= 11 is 0. The van der Waals surface area contributed by atoms with Gasteiger partial charge in [-0.05, 0) is 29.8 Å². The number of hydrogen-bond donors (Lipinski definition) is 0. The van der Waals surface area contributed by atoms with Gasteiger partial charge in [0.15, 0.2) is 0 Å². The Labute approximate surface area is 106 Å². The second-order valence-electron chi connectivity index (χ2n) is 3.62. The number of nitrogens with zero attached hydrogens (tertiary/aromatic N) is 2. The van der Waals surface area contributed by atoms with Crippen LogP contribution in [0.15, 0.2) is 42.6 Å². The summed E-state index contributed by atoms with van der Waals surface area (Å²) in [4.78, 5) is 3.88. The van der Waals surface area contributed by atoms with Gasteiger partial charge in [0.05, 0.1) is 0 Å². The molecule has 0 aliphatic rings. The number of nitriles is 1. The molecule has 0 saturated heterocycles. The maximum absolute atomic E-state index is 12.0. The van der Waals surface area contributed by atoms with Crippen molar-refractivity contribution in [2.24, 2.45) is 0 Å². The molecule has 0 atom stereocenters. The quantitative estimate of drug-likeness (QED) is 0.833. The van der Waals surface area contributed by atoms with Gasteiger partial charge in [0.2, 0.25) is 0 Å². The highest BCUT2D eigenvalue weighted by Gasteiger charge is 2.30. The van der Waals surface area contributed by atoms with Crippen molar-refractivity contribution in [3.63, 3.8) is 0 Å². The molecule has 3 nitrogen and oxygen atoms in total. The Morgan fingerprint density at radius 1 is 1.00 bits per heavy atom. The van der Waals surface area contributed by atoms with Crippen LogP contribution in [0.3, 0.4) is 0 Å². The molecule has 96 valence electrons. The molecule has 1 aromatic heterocycles. The number of hydrogen-bond acceptors (Lipinski definition) is 3. The molecule has 0 N–H and O–H groups in total. The highest BCUT2D eigenvalue weighted by molar-refractivity contribution is 5.63. The summed E-state index contributed by atoms with van der Waals surface area (Å²) in [6.07, 6.45) is -3.21. The van der Waals surface area contributed by atoms with Crippen LogP contribution >= 0.6 is 0 Å². The van der Waals surface area contributed by atoms with Crippen molar-refractivity contribution in [2.45, 2.75) is 6.36 Å². The van der Waals surface area contributed by atoms with Crippen LogP contribution in [0, 0.1) is 11.3 Å². The maximum atomic E-state index is 12.0. The van der Waals surface area contributed by atoms with E-state index in [1.54, 1.807) is 6.07 Å². The molecule has 0 aliphatic carbocycles. The zero-order valence-corrected chi connectivity index (χ0v) is 9.48. The SMILES string of the molecule is N#Cc1ccc(-c2ccc(OC(F)(F)F)cc2)cn1. The summed E-state index contributed by atoms with van der Waals surface area (Å²) in [7, 11) is 0. The first-order valence-electron chi connectivity index (χ1n) is 5.20. The number of ether oxygens (including phenoxy) is 1. The standard InChI is InChI=1S/C13H7F3N2O/c14-13(15,16)19-12-5-2-9(3-6-12)10-1-4-11(7-17)18-8-10/h1-6,8H. The van der Waals surface area contributed by atoms with Crippen molar-refractivity contribution in [3.05, 3.63) is 48.3 Å². The number of rotatable bonds is 2. The van der Waals surface area contributed by atoms with Crippen LogP contribution in [-0.4, -0.2) is 11.3 Å². The summed E-state index contributed by atoms with van der Waals surface area (Å²) in [5.74, 6) is -0.280. The van der Waals surface area contributed by atoms with Gasteiger partial charge in [0, 0.05) is 11.8 Å². The topological polar surface area (TPSA) is 45.9 Å². The van der Waals surface area contributed by atoms with E-state index in [4.69, 9.17) is 5.26 Å². The third-order valence-electron chi connectivity index (χ3n) is 2.30. The molecule has 0 radical (unpaired) electrons. The number of aromatic nitrogens is 1. The van der Waals surface area contributed by atoms with Crippen molar-refractivity contribution in [2.75, 3.05) is 0 Å². The number of halogens is 3. The Hall–Kier alpha value is -2.55. The molecule has 0 aliphatic heterocycles. The average molecular weight is 264 g/mol. The number of benzene rings is 1. The van der Waals surface area contributed by atoms with Crippen LogP contribution in [0.2, 0.25) is 0 Å². The van der Waals surface area contributed by atoms with E-state index < -0.39 is 6.36 Å². The van der Waals surface area contributed by atoms with Gasteiger partial charge in [-0.1, -0.05) is 12.1 Å². The monoisotopic (exact) mass is 264 g/mol. The van der Waals surface area contributed by atoms with Crippen molar-refractivity contribution in [1.29, 1.82) is 5.26 Å². The minimum absolute atomic E-state index is 0.278. The second kappa shape index (κ2) is 4.98. The van der Waals surface area contributed by atoms with E-state index in [1.165, 1.54) is 36.5 Å². The lowest BCUT2D eigenvalue weighted by molar-refractivity contribution is -0.274. The van der Waals surface area contributed by atoms with E-state index in [9.17, 15) is 13.2 Å². The molecule has 2 rings (SSSR count). The van der Waals surface area contributed by atoms with Gasteiger partial charge in [-0.3, -0.25) is 0 Å². The van der Waals surface area contributed by atoms with Crippen LogP contribution in [0.1, 0.15) is 5.69 Å². The Kier molecular flexibility index (Phi) is 3.38. The van der Waals surface area contributed by atoms with Gasteiger partial charge < -0.3 is 4.74 Å². The molecule has 1 aromatic carbocycles. The molecule has 0 saturated carbocycles. The van der Waals surface area contributed by atoms with E-state index >= 15 is 0 Å². The lowest BCUT2D eigenvalue weighted by Gasteiger charge is -2.09. The predicted octanol–water partition coefficient (Wildman–Crippen LogP) is 3.52. The first-order valence-corrected chi connectivity index (χ1v) is 5.20. The average Bonchev–Trinajstić information content (AvgIpc) is 2.38. The van der Waals surface area contributed by atoms with E-state index in [1.807, 2.05) is 6.07 Å². The fourth-order valence-corrected chi connectivity index (χ4v) is 1.48. The van der Waals surface area contributed by atoms with E-state index in [-0.39, 0.29) is 11.4 Å². The van der Waals surface area contributed by atoms with E-state index in [0.29, 0.717) is 11.1 Å². The summed E-state index contributed by atoms with van der Waals surface area (Å²) < 4.78 is 39.7. The zero-order valence-electron chi connectivity index (χ0n) is 9.48. The van der Waals surface area contributed by atoms with Gasteiger partial charge in [-0.2, -0.15) is 5.26 Å². The predicted molar refractivity (Wildman–Crippen MR) is 61.1 cm³/mol. The lowest BCUT2D eigenvalue weighted by Crippen LogP contribution is -2.16. The molecule has 0 amide bonds. The smallest absolute Gasteiger partial charge is 0.406 e. The maximum Gasteiger partial charge on any atom is 0.573 e. The fraction of sp³-hybridized carbons (Fsp3) is 0.0769. The minimum atomic E-state index is -4.70. The van der Waals surface area contributed by atoms with Crippen LogP contribution in [0.4, 0.5) is 13.2 Å². The highest BCUT2D eigenvalue weighted by atomic mass is 19.4. The third kappa shape index (κ3) is 3.45. The van der Waals surface area contributed by atoms with Crippen molar-refractivity contribution >= 4 is 0 Å². The lowest BCUT2D eigenvalue weighted by atomic mass is 10.1. The highest BCUT2D eigenvalue weighted by Crippen LogP contribution is 2.26. The van der Waals surface area contributed by atoms with Crippen LogP contribution in [0.25, 0.3) is 11.1 Å². The van der Waals surface area contributed by atoms with Crippen LogP contribution < -0.4 is 4.74 Å². The first-order chi connectivity index (χ1) is 8.98. The minimum Gasteiger partial charge on any atom is -0.406 e. The molecule has 0 fully saturated rings. The van der Waals surface area contributed by atoms with Crippen molar-refractivity contribution in [1.82, 2.24) is 4.98 Å². The fourth-order valence-electron chi connectivity index (χ4n) is 1.48. The van der Waals surface area contributed by atoms with Gasteiger partial charge >= 0.3 is 6.36 Å². The third-order valence-corrected chi connectivity index (χ3v) is 2.30. The van der Waals surface area contributed by atoms with Crippen molar-refractivity contribution in [3.8, 4) is 22.9 Å². The molecular weight excluding hydrogens is 257 g/mol. The molecule has 0 bridgehead atoms. The molecule has 0 spiro atoms. The van der Waals surface area contributed by atoms with Crippen LogP contribution in [0.5, 0.6) is 5.75 Å². The van der Waals surface area contributed by atoms with Crippen LogP contribution in [-0.2, 0) is 0 Å².